The van der Waals surface area contributed by atoms with Gasteiger partial charge in [0.05, 0.1) is 5.39 Å². The second kappa shape index (κ2) is 5.97. The molecule has 7 nitrogen and oxygen atoms in total. The van der Waals surface area contributed by atoms with Crippen molar-refractivity contribution in [2.75, 3.05) is 18.4 Å². The molecule has 2 aromatic rings. The highest BCUT2D eigenvalue weighted by atomic mass is 32.2. The first-order chi connectivity index (χ1) is 10.8. The van der Waals surface area contributed by atoms with E-state index in [0.717, 1.165) is 28.9 Å². The van der Waals surface area contributed by atoms with E-state index in [-0.39, 0.29) is 6.04 Å². The van der Waals surface area contributed by atoms with Gasteiger partial charge in [-0.3, -0.25) is 0 Å². The number of aromatic nitrogens is 2. The van der Waals surface area contributed by atoms with Crippen molar-refractivity contribution in [3.8, 4) is 0 Å². The number of fused-ring (bicyclic) bond motifs is 1. The SMILES string of the molecule is Cc1nc(N[C@@H]2CCCN(S(N)(=O)=O)C2)c2c(C)c(C)sc2n1. The summed E-state index contributed by atoms with van der Waals surface area (Å²) < 4.78 is 24.4. The molecule has 1 aliphatic heterocycles. The smallest absolute Gasteiger partial charge is 0.276 e. The van der Waals surface area contributed by atoms with Gasteiger partial charge in [-0.25, -0.2) is 15.1 Å². The van der Waals surface area contributed by atoms with Crippen molar-refractivity contribution in [2.24, 2.45) is 5.14 Å². The lowest BCUT2D eigenvalue weighted by Crippen LogP contribution is -2.47. The van der Waals surface area contributed by atoms with Crippen LogP contribution in [0.15, 0.2) is 0 Å². The summed E-state index contributed by atoms with van der Waals surface area (Å²) in [6.45, 7) is 6.85. The molecule has 0 aliphatic carbocycles. The van der Waals surface area contributed by atoms with Crippen LogP contribution in [0.3, 0.4) is 0 Å². The van der Waals surface area contributed by atoms with Crippen LogP contribution >= 0.6 is 11.3 Å². The van der Waals surface area contributed by atoms with Crippen molar-refractivity contribution >= 4 is 37.6 Å². The van der Waals surface area contributed by atoms with Crippen LogP contribution in [0.2, 0.25) is 0 Å². The fraction of sp³-hybridized carbons (Fsp3) is 0.571. The molecule has 0 spiro atoms. The Labute approximate surface area is 140 Å². The first kappa shape index (κ1) is 16.6. The highest BCUT2D eigenvalue weighted by Gasteiger charge is 2.27. The number of anilines is 1. The number of nitrogens with two attached hydrogens (primary N) is 1. The summed E-state index contributed by atoms with van der Waals surface area (Å²) in [4.78, 5) is 11.2. The van der Waals surface area contributed by atoms with Crippen molar-refractivity contribution in [1.29, 1.82) is 0 Å². The molecule has 0 amide bonds. The average molecular weight is 355 g/mol. The topological polar surface area (TPSA) is 101 Å². The number of thiophene rings is 1. The van der Waals surface area contributed by atoms with E-state index >= 15 is 0 Å². The second-order valence-electron chi connectivity index (χ2n) is 5.97. The number of hydrogen-bond acceptors (Lipinski definition) is 6. The molecule has 0 saturated carbocycles. The molecule has 0 aromatic carbocycles. The Morgan fingerprint density at radius 2 is 2.04 bits per heavy atom. The maximum atomic E-state index is 11.6. The van der Waals surface area contributed by atoms with E-state index in [1.54, 1.807) is 11.3 Å². The molecule has 3 rings (SSSR count). The Hall–Kier alpha value is -1.29. The van der Waals surface area contributed by atoms with E-state index in [1.807, 2.05) is 6.92 Å². The van der Waals surface area contributed by atoms with Gasteiger partial charge in [0.25, 0.3) is 10.2 Å². The zero-order valence-corrected chi connectivity index (χ0v) is 15.1. The van der Waals surface area contributed by atoms with Crippen LogP contribution in [0.1, 0.15) is 29.1 Å². The predicted octanol–water partition coefficient (Wildman–Crippen LogP) is 1.70. The summed E-state index contributed by atoms with van der Waals surface area (Å²) in [6.07, 6.45) is 1.67. The van der Waals surface area contributed by atoms with Gasteiger partial charge in [-0.2, -0.15) is 12.7 Å². The molecular weight excluding hydrogens is 334 g/mol. The summed E-state index contributed by atoms with van der Waals surface area (Å²) in [5, 5.41) is 9.70. The number of hydrogen-bond donors (Lipinski definition) is 2. The highest BCUT2D eigenvalue weighted by molar-refractivity contribution is 7.86. The molecule has 9 heteroatoms. The highest BCUT2D eigenvalue weighted by Crippen LogP contribution is 2.33. The second-order valence-corrected chi connectivity index (χ2v) is 8.72. The van der Waals surface area contributed by atoms with Gasteiger partial charge in [0.1, 0.15) is 16.5 Å². The predicted molar refractivity (Wildman–Crippen MR) is 93.0 cm³/mol. The summed E-state index contributed by atoms with van der Waals surface area (Å²) in [6, 6.07) is -0.000758. The van der Waals surface area contributed by atoms with Gasteiger partial charge in [0.15, 0.2) is 0 Å². The summed E-state index contributed by atoms with van der Waals surface area (Å²) >= 11 is 1.66. The molecule has 126 valence electrons. The lowest BCUT2D eigenvalue weighted by Gasteiger charge is -2.31. The molecule has 1 atom stereocenters. The molecule has 2 aromatic heterocycles. The molecule has 0 radical (unpaired) electrons. The van der Waals surface area contributed by atoms with E-state index in [1.165, 1.54) is 14.7 Å². The van der Waals surface area contributed by atoms with Crippen LogP contribution in [0.25, 0.3) is 10.2 Å². The van der Waals surface area contributed by atoms with Gasteiger partial charge in [-0.05, 0) is 39.2 Å². The standard InChI is InChI=1S/C14H21N5O2S2/c1-8-9(2)22-14-12(8)13(16-10(3)17-14)18-11-5-4-6-19(7-11)23(15,20)21/h11H,4-7H2,1-3H3,(H2,15,20,21)(H,16,17,18)/t11-/m1/s1. The molecule has 1 fully saturated rings. The molecule has 3 N–H and O–H groups in total. The van der Waals surface area contributed by atoms with Crippen LogP contribution in [-0.2, 0) is 10.2 Å². The Morgan fingerprint density at radius 1 is 1.30 bits per heavy atom. The molecule has 0 unspecified atom stereocenters. The molecule has 3 heterocycles. The normalized spacial score (nSPS) is 20.1. The molecule has 23 heavy (non-hydrogen) atoms. The minimum absolute atomic E-state index is 0.000758. The minimum atomic E-state index is -3.64. The van der Waals surface area contributed by atoms with Gasteiger partial charge < -0.3 is 5.32 Å². The van der Waals surface area contributed by atoms with Gasteiger partial charge >= 0.3 is 0 Å². The van der Waals surface area contributed by atoms with Crippen molar-refractivity contribution in [3.05, 3.63) is 16.3 Å². The average Bonchev–Trinajstić information content (AvgIpc) is 2.73. The van der Waals surface area contributed by atoms with Crippen molar-refractivity contribution in [3.63, 3.8) is 0 Å². The van der Waals surface area contributed by atoms with Gasteiger partial charge in [-0.1, -0.05) is 0 Å². The van der Waals surface area contributed by atoms with Crippen LogP contribution in [-0.4, -0.2) is 41.8 Å². The van der Waals surface area contributed by atoms with E-state index in [9.17, 15) is 8.42 Å². The maximum Gasteiger partial charge on any atom is 0.276 e. The number of rotatable bonds is 3. The first-order valence-corrected chi connectivity index (χ1v) is 9.86. The van der Waals surface area contributed by atoms with Crippen LogP contribution in [0.4, 0.5) is 5.82 Å². The Bertz CT molecular complexity index is 846. The number of piperidine rings is 1. The van der Waals surface area contributed by atoms with E-state index in [4.69, 9.17) is 5.14 Å². The van der Waals surface area contributed by atoms with Gasteiger partial charge in [0.2, 0.25) is 0 Å². The molecule has 1 saturated heterocycles. The van der Waals surface area contributed by atoms with Gasteiger partial charge in [0, 0.05) is 24.0 Å². The van der Waals surface area contributed by atoms with Gasteiger partial charge in [-0.15, -0.1) is 11.3 Å². The molecule has 0 bridgehead atoms. The summed E-state index contributed by atoms with van der Waals surface area (Å²) in [7, 11) is -3.64. The van der Waals surface area contributed by atoms with Crippen LogP contribution in [0, 0.1) is 20.8 Å². The van der Waals surface area contributed by atoms with Crippen molar-refractivity contribution in [2.45, 2.75) is 39.7 Å². The van der Waals surface area contributed by atoms with Crippen LogP contribution in [0.5, 0.6) is 0 Å². The first-order valence-electron chi connectivity index (χ1n) is 7.54. The van der Waals surface area contributed by atoms with Crippen molar-refractivity contribution in [1.82, 2.24) is 14.3 Å². The third-order valence-corrected chi connectivity index (χ3v) is 6.38. The number of aryl methyl sites for hydroxylation is 3. The van der Waals surface area contributed by atoms with Crippen molar-refractivity contribution < 1.29 is 8.42 Å². The lowest BCUT2D eigenvalue weighted by molar-refractivity contribution is 0.327. The van der Waals surface area contributed by atoms with Crippen LogP contribution < -0.4 is 10.5 Å². The summed E-state index contributed by atoms with van der Waals surface area (Å²) in [5.41, 5.74) is 1.17. The third kappa shape index (κ3) is 3.32. The van der Waals surface area contributed by atoms with E-state index in [2.05, 4.69) is 29.1 Å². The molecular formula is C14H21N5O2S2. The monoisotopic (exact) mass is 355 g/mol. The third-order valence-electron chi connectivity index (χ3n) is 4.23. The number of nitrogens with zero attached hydrogens (tertiary/aromatic N) is 3. The fourth-order valence-electron chi connectivity index (χ4n) is 2.95. The number of nitrogens with one attached hydrogen (secondary N) is 1. The summed E-state index contributed by atoms with van der Waals surface area (Å²) in [5.74, 6) is 1.50. The maximum absolute atomic E-state index is 11.6. The van der Waals surface area contributed by atoms with E-state index in [0.29, 0.717) is 18.9 Å². The fourth-order valence-corrected chi connectivity index (χ4v) is 4.79. The minimum Gasteiger partial charge on any atom is -0.365 e. The largest absolute Gasteiger partial charge is 0.365 e. The van der Waals surface area contributed by atoms with E-state index < -0.39 is 10.2 Å². The zero-order chi connectivity index (χ0) is 16.8. The quantitative estimate of drug-likeness (QED) is 0.872. The molecule has 1 aliphatic rings. The zero-order valence-electron chi connectivity index (χ0n) is 13.5. The lowest BCUT2D eigenvalue weighted by atomic mass is 10.1. The Morgan fingerprint density at radius 3 is 2.74 bits per heavy atom. The Balaban J connectivity index is 1.92. The Kier molecular flexibility index (Phi) is 4.30.